The van der Waals surface area contributed by atoms with Crippen LogP contribution in [0.3, 0.4) is 0 Å². The fourth-order valence-electron chi connectivity index (χ4n) is 3.05. The lowest BCUT2D eigenvalue weighted by atomic mass is 9.82. The third kappa shape index (κ3) is 2.48. The summed E-state index contributed by atoms with van der Waals surface area (Å²) < 4.78 is 2.24. The van der Waals surface area contributed by atoms with Gasteiger partial charge >= 0.3 is 5.97 Å². The van der Waals surface area contributed by atoms with Crippen molar-refractivity contribution >= 4 is 17.0 Å². The van der Waals surface area contributed by atoms with Gasteiger partial charge in [0.05, 0.1) is 17.0 Å². The van der Waals surface area contributed by atoms with Crippen molar-refractivity contribution < 1.29 is 9.90 Å². The van der Waals surface area contributed by atoms with E-state index in [1.54, 1.807) is 0 Å². The molecule has 2 heterocycles. The Morgan fingerprint density at radius 1 is 1.32 bits per heavy atom. The molecule has 0 atom stereocenters. The van der Waals surface area contributed by atoms with Crippen LogP contribution in [0.25, 0.3) is 11.0 Å². The Bertz CT molecular complexity index is 583. The molecule has 0 amide bonds. The molecule has 4 nitrogen and oxygen atoms in total. The van der Waals surface area contributed by atoms with Gasteiger partial charge in [-0.25, -0.2) is 0 Å². The number of carboxylic acid groups (broad SMARTS) is 1. The average molecular weight is 258 g/mol. The zero-order valence-corrected chi connectivity index (χ0v) is 10.8. The van der Waals surface area contributed by atoms with Crippen molar-refractivity contribution in [2.24, 2.45) is 11.8 Å². The lowest BCUT2D eigenvalue weighted by molar-refractivity contribution is -0.143. The Kier molecular flexibility index (Phi) is 3.23. The Morgan fingerprint density at radius 3 is 2.84 bits per heavy atom. The van der Waals surface area contributed by atoms with Gasteiger partial charge in [-0.15, -0.1) is 0 Å². The van der Waals surface area contributed by atoms with Gasteiger partial charge in [-0.3, -0.25) is 9.78 Å². The van der Waals surface area contributed by atoms with Crippen LogP contribution in [0.15, 0.2) is 30.6 Å². The number of carbonyl (C=O) groups is 1. The largest absolute Gasteiger partial charge is 0.481 e. The molecule has 1 N–H and O–H groups in total. The van der Waals surface area contributed by atoms with Crippen molar-refractivity contribution in [3.63, 3.8) is 0 Å². The standard InChI is InChI=1S/C15H18N2O2/c18-15(19)12-5-3-11(4-6-12)10-17-9-7-13-14(17)2-1-8-16-13/h1-2,7-9,11-12H,3-6,10H2,(H,18,19). The second kappa shape index (κ2) is 5.03. The van der Waals surface area contributed by atoms with Crippen molar-refractivity contribution in [3.05, 3.63) is 30.6 Å². The topological polar surface area (TPSA) is 55.1 Å². The Labute approximate surface area is 112 Å². The first kappa shape index (κ1) is 12.2. The molecule has 2 aromatic heterocycles. The van der Waals surface area contributed by atoms with Crippen LogP contribution >= 0.6 is 0 Å². The summed E-state index contributed by atoms with van der Waals surface area (Å²) in [6, 6.07) is 6.09. The SMILES string of the molecule is O=C(O)C1CCC(Cn2ccc3ncccc32)CC1. The van der Waals surface area contributed by atoms with Crippen LogP contribution in [-0.4, -0.2) is 20.6 Å². The lowest BCUT2D eigenvalue weighted by Gasteiger charge is -2.26. The summed E-state index contributed by atoms with van der Waals surface area (Å²) in [7, 11) is 0. The number of hydrogen-bond donors (Lipinski definition) is 1. The maximum Gasteiger partial charge on any atom is 0.306 e. The minimum atomic E-state index is -0.630. The summed E-state index contributed by atoms with van der Waals surface area (Å²) in [5.41, 5.74) is 2.20. The van der Waals surface area contributed by atoms with Crippen LogP contribution < -0.4 is 0 Å². The zero-order valence-electron chi connectivity index (χ0n) is 10.8. The number of carboxylic acids is 1. The van der Waals surface area contributed by atoms with Crippen molar-refractivity contribution in [1.82, 2.24) is 9.55 Å². The Balaban J connectivity index is 1.68. The van der Waals surface area contributed by atoms with E-state index in [-0.39, 0.29) is 5.92 Å². The highest BCUT2D eigenvalue weighted by atomic mass is 16.4. The van der Waals surface area contributed by atoms with E-state index in [1.165, 1.54) is 5.52 Å². The van der Waals surface area contributed by atoms with Crippen LogP contribution in [-0.2, 0) is 11.3 Å². The van der Waals surface area contributed by atoms with E-state index < -0.39 is 5.97 Å². The monoisotopic (exact) mass is 258 g/mol. The van der Waals surface area contributed by atoms with Crippen LogP contribution in [0, 0.1) is 11.8 Å². The van der Waals surface area contributed by atoms with E-state index in [2.05, 4.69) is 21.8 Å². The highest BCUT2D eigenvalue weighted by molar-refractivity contribution is 5.75. The summed E-state index contributed by atoms with van der Waals surface area (Å²) in [6.07, 6.45) is 7.55. The van der Waals surface area contributed by atoms with E-state index in [9.17, 15) is 4.79 Å². The Morgan fingerprint density at radius 2 is 2.11 bits per heavy atom. The summed E-state index contributed by atoms with van der Waals surface area (Å²) in [5, 5.41) is 9.01. The molecule has 4 heteroatoms. The molecule has 0 unspecified atom stereocenters. The molecule has 2 aromatic rings. The number of nitrogens with zero attached hydrogens (tertiary/aromatic N) is 2. The van der Waals surface area contributed by atoms with Gasteiger partial charge in [-0.05, 0) is 49.8 Å². The first-order chi connectivity index (χ1) is 9.24. The van der Waals surface area contributed by atoms with E-state index in [0.29, 0.717) is 5.92 Å². The molecule has 19 heavy (non-hydrogen) atoms. The molecule has 0 aliphatic heterocycles. The molecule has 3 rings (SSSR count). The Hall–Kier alpha value is -1.84. The van der Waals surface area contributed by atoms with Crippen LogP contribution in [0.5, 0.6) is 0 Å². The average Bonchev–Trinajstić information content (AvgIpc) is 2.83. The second-order valence-corrected chi connectivity index (χ2v) is 5.43. The third-order valence-corrected chi connectivity index (χ3v) is 4.19. The lowest BCUT2D eigenvalue weighted by Crippen LogP contribution is -2.23. The number of rotatable bonds is 3. The van der Waals surface area contributed by atoms with Crippen LogP contribution in [0.4, 0.5) is 0 Å². The highest BCUT2D eigenvalue weighted by Crippen LogP contribution is 2.30. The van der Waals surface area contributed by atoms with Gasteiger partial charge in [0.1, 0.15) is 0 Å². The summed E-state index contributed by atoms with van der Waals surface area (Å²) in [6.45, 7) is 0.974. The minimum absolute atomic E-state index is 0.126. The quantitative estimate of drug-likeness (QED) is 0.921. The van der Waals surface area contributed by atoms with E-state index in [1.807, 2.05) is 18.3 Å². The summed E-state index contributed by atoms with van der Waals surface area (Å²) in [5.74, 6) is -0.167. The van der Waals surface area contributed by atoms with Gasteiger partial charge in [0, 0.05) is 18.9 Å². The first-order valence-electron chi connectivity index (χ1n) is 6.86. The first-order valence-corrected chi connectivity index (χ1v) is 6.86. The van der Waals surface area contributed by atoms with Gasteiger partial charge in [0.15, 0.2) is 0 Å². The van der Waals surface area contributed by atoms with Gasteiger partial charge < -0.3 is 9.67 Å². The molecular formula is C15H18N2O2. The fourth-order valence-corrected chi connectivity index (χ4v) is 3.05. The molecule has 1 aliphatic carbocycles. The van der Waals surface area contributed by atoms with Gasteiger partial charge in [0.2, 0.25) is 0 Å². The molecule has 0 bridgehead atoms. The van der Waals surface area contributed by atoms with E-state index in [4.69, 9.17) is 5.11 Å². The molecule has 1 fully saturated rings. The summed E-state index contributed by atoms with van der Waals surface area (Å²) in [4.78, 5) is 15.3. The molecule has 0 aromatic carbocycles. The molecular weight excluding hydrogens is 240 g/mol. The maximum atomic E-state index is 10.9. The number of aromatic nitrogens is 2. The van der Waals surface area contributed by atoms with Gasteiger partial charge in [-0.1, -0.05) is 0 Å². The minimum Gasteiger partial charge on any atom is -0.481 e. The predicted octanol–water partition coefficient (Wildman–Crippen LogP) is 2.93. The molecule has 1 saturated carbocycles. The molecule has 0 radical (unpaired) electrons. The number of fused-ring (bicyclic) bond motifs is 1. The van der Waals surface area contributed by atoms with E-state index in [0.717, 1.165) is 37.7 Å². The summed E-state index contributed by atoms with van der Waals surface area (Å²) >= 11 is 0. The van der Waals surface area contributed by atoms with Crippen molar-refractivity contribution in [3.8, 4) is 0 Å². The molecule has 100 valence electrons. The van der Waals surface area contributed by atoms with Crippen molar-refractivity contribution in [1.29, 1.82) is 0 Å². The van der Waals surface area contributed by atoms with Crippen LogP contribution in [0.1, 0.15) is 25.7 Å². The second-order valence-electron chi connectivity index (χ2n) is 5.43. The van der Waals surface area contributed by atoms with Gasteiger partial charge in [0.25, 0.3) is 0 Å². The maximum absolute atomic E-state index is 10.9. The number of hydrogen-bond acceptors (Lipinski definition) is 2. The van der Waals surface area contributed by atoms with Crippen molar-refractivity contribution in [2.45, 2.75) is 32.2 Å². The normalized spacial score (nSPS) is 23.6. The number of pyridine rings is 1. The van der Waals surface area contributed by atoms with Gasteiger partial charge in [-0.2, -0.15) is 0 Å². The highest BCUT2D eigenvalue weighted by Gasteiger charge is 2.26. The zero-order chi connectivity index (χ0) is 13.2. The molecule has 0 saturated heterocycles. The molecule has 1 aliphatic rings. The predicted molar refractivity (Wildman–Crippen MR) is 72.8 cm³/mol. The van der Waals surface area contributed by atoms with Crippen molar-refractivity contribution in [2.75, 3.05) is 0 Å². The van der Waals surface area contributed by atoms with E-state index >= 15 is 0 Å². The van der Waals surface area contributed by atoms with Crippen LogP contribution in [0.2, 0.25) is 0 Å². The third-order valence-electron chi connectivity index (χ3n) is 4.19. The number of aliphatic carboxylic acids is 1. The smallest absolute Gasteiger partial charge is 0.306 e. The molecule has 0 spiro atoms. The fraction of sp³-hybridized carbons (Fsp3) is 0.467.